The van der Waals surface area contributed by atoms with Crippen LogP contribution in [0.3, 0.4) is 0 Å². The smallest absolute Gasteiger partial charge is 0.248 e. The van der Waals surface area contributed by atoms with Gasteiger partial charge in [-0.2, -0.15) is 4.99 Å². The highest BCUT2D eigenvalue weighted by Crippen LogP contribution is 2.38. The van der Waals surface area contributed by atoms with E-state index in [1.807, 2.05) is 4.90 Å². The molecule has 0 spiro atoms. The van der Waals surface area contributed by atoms with Crippen molar-refractivity contribution in [2.45, 2.75) is 49.8 Å². The number of carbonyl (C=O) groups is 1. The Morgan fingerprint density at radius 1 is 1.35 bits per heavy atom. The number of rotatable bonds is 5. The fourth-order valence-corrected chi connectivity index (χ4v) is 7.76. The van der Waals surface area contributed by atoms with E-state index in [1.54, 1.807) is 6.08 Å². The second-order valence-corrected chi connectivity index (χ2v) is 10.1. The largest absolute Gasteiger partial charge is 0.342 e. The van der Waals surface area contributed by atoms with Crippen LogP contribution in [0.15, 0.2) is 17.6 Å². The van der Waals surface area contributed by atoms with Gasteiger partial charge in [0.15, 0.2) is 15.0 Å². The van der Waals surface area contributed by atoms with Crippen molar-refractivity contribution in [3.8, 4) is 0 Å². The number of fused-ring (bicyclic) bond motifs is 1. The maximum atomic E-state index is 12.2. The molecule has 0 N–H and O–H groups in total. The van der Waals surface area contributed by atoms with Gasteiger partial charge in [-0.15, -0.1) is 6.58 Å². The molecule has 1 amide bonds. The molecule has 0 radical (unpaired) electrons. The topological polar surface area (TPSA) is 66.8 Å². The molecule has 3 rings (SSSR count). The molecule has 3 aliphatic rings. The van der Waals surface area contributed by atoms with Gasteiger partial charge in [0, 0.05) is 18.2 Å². The molecule has 2 unspecified atom stereocenters. The molecular formula is C16H24N2O3S2. The van der Waals surface area contributed by atoms with Gasteiger partial charge in [-0.3, -0.25) is 4.79 Å². The van der Waals surface area contributed by atoms with Crippen LogP contribution in [0, 0.1) is 5.92 Å². The molecule has 0 bridgehead atoms. The number of thioether (sulfide) groups is 1. The monoisotopic (exact) mass is 356 g/mol. The first kappa shape index (κ1) is 17.0. The lowest BCUT2D eigenvalue weighted by Gasteiger charge is -2.22. The minimum Gasteiger partial charge on any atom is -0.342 e. The van der Waals surface area contributed by atoms with Gasteiger partial charge in [-0.25, -0.2) is 8.42 Å². The minimum atomic E-state index is -2.97. The average Bonchev–Trinajstić information content (AvgIpc) is 3.15. The molecule has 0 aromatic carbocycles. The molecular weight excluding hydrogens is 332 g/mol. The van der Waals surface area contributed by atoms with Crippen LogP contribution in [-0.2, 0) is 14.6 Å². The van der Waals surface area contributed by atoms with Crippen molar-refractivity contribution < 1.29 is 13.2 Å². The van der Waals surface area contributed by atoms with Gasteiger partial charge in [0.25, 0.3) is 0 Å². The van der Waals surface area contributed by atoms with E-state index < -0.39 is 9.84 Å². The molecule has 3 fully saturated rings. The summed E-state index contributed by atoms with van der Waals surface area (Å²) in [7, 11) is -2.97. The summed E-state index contributed by atoms with van der Waals surface area (Å²) in [5.41, 5.74) is 0. The Morgan fingerprint density at radius 2 is 2.09 bits per heavy atom. The lowest BCUT2D eigenvalue weighted by molar-refractivity contribution is -0.118. The molecule has 0 aromatic rings. The Labute approximate surface area is 142 Å². The standard InChI is InChI=1S/C16H24N2O3S2/c1-2-9-18-13-10-23(20,21)11-14(13)22-16(18)17-15(19)8-7-12-5-3-4-6-12/h2,12-14H,1,3-11H2. The molecule has 23 heavy (non-hydrogen) atoms. The summed E-state index contributed by atoms with van der Waals surface area (Å²) < 4.78 is 23.6. The van der Waals surface area contributed by atoms with Crippen molar-refractivity contribution in [3.05, 3.63) is 12.7 Å². The van der Waals surface area contributed by atoms with E-state index in [-0.39, 0.29) is 28.7 Å². The molecule has 1 aliphatic carbocycles. The van der Waals surface area contributed by atoms with Gasteiger partial charge in [0.1, 0.15) is 0 Å². The van der Waals surface area contributed by atoms with Gasteiger partial charge in [0.05, 0.1) is 17.5 Å². The Kier molecular flexibility index (Phi) is 5.16. The number of nitrogens with zero attached hydrogens (tertiary/aromatic N) is 2. The summed E-state index contributed by atoms with van der Waals surface area (Å²) in [6.07, 6.45) is 8.23. The molecule has 128 valence electrons. The molecule has 2 saturated heterocycles. The summed E-state index contributed by atoms with van der Waals surface area (Å²) in [6, 6.07) is -0.0654. The minimum absolute atomic E-state index is 0.00123. The lowest BCUT2D eigenvalue weighted by atomic mass is 10.0. The third-order valence-corrected chi connectivity index (χ3v) is 8.21. The Bertz CT molecular complexity index is 609. The molecule has 2 heterocycles. The van der Waals surface area contributed by atoms with Gasteiger partial charge in [-0.1, -0.05) is 43.5 Å². The number of aliphatic imine (C=N–C) groups is 1. The molecule has 5 nitrogen and oxygen atoms in total. The summed E-state index contributed by atoms with van der Waals surface area (Å²) in [5, 5.41) is 0.688. The van der Waals surface area contributed by atoms with Crippen LogP contribution in [-0.4, -0.2) is 53.7 Å². The lowest BCUT2D eigenvalue weighted by Crippen LogP contribution is -2.37. The highest BCUT2D eigenvalue weighted by atomic mass is 32.2. The fourth-order valence-electron chi connectivity index (χ4n) is 3.78. The van der Waals surface area contributed by atoms with Gasteiger partial charge < -0.3 is 4.90 Å². The first-order chi connectivity index (χ1) is 11.0. The maximum Gasteiger partial charge on any atom is 0.248 e. The van der Waals surface area contributed by atoms with Crippen LogP contribution >= 0.6 is 11.8 Å². The Balaban J connectivity index is 1.63. The average molecular weight is 357 g/mol. The maximum absolute atomic E-state index is 12.2. The quantitative estimate of drug-likeness (QED) is 0.707. The van der Waals surface area contributed by atoms with E-state index in [2.05, 4.69) is 11.6 Å². The van der Waals surface area contributed by atoms with E-state index in [0.717, 1.165) is 6.42 Å². The summed E-state index contributed by atoms with van der Waals surface area (Å²) in [5.74, 6) is 0.958. The summed E-state index contributed by atoms with van der Waals surface area (Å²) in [6.45, 7) is 4.28. The van der Waals surface area contributed by atoms with E-state index in [4.69, 9.17) is 0 Å². The highest BCUT2D eigenvalue weighted by molar-refractivity contribution is 8.15. The van der Waals surface area contributed by atoms with E-state index >= 15 is 0 Å². The van der Waals surface area contributed by atoms with E-state index in [9.17, 15) is 13.2 Å². The first-order valence-electron chi connectivity index (χ1n) is 8.34. The zero-order valence-corrected chi connectivity index (χ0v) is 14.9. The van der Waals surface area contributed by atoms with Crippen LogP contribution < -0.4 is 0 Å². The SMILES string of the molecule is C=CCN1C(=NC(=O)CCC2CCCC2)SC2CS(=O)(=O)CC21. The molecule has 0 aromatic heterocycles. The fraction of sp³-hybridized carbons (Fsp3) is 0.750. The molecule has 2 atom stereocenters. The van der Waals surface area contributed by atoms with Gasteiger partial charge in [-0.05, 0) is 12.3 Å². The van der Waals surface area contributed by atoms with Crippen molar-refractivity contribution in [3.63, 3.8) is 0 Å². The van der Waals surface area contributed by atoms with Crippen molar-refractivity contribution >= 4 is 32.7 Å². The third-order valence-electron chi connectivity index (χ3n) is 4.96. The number of amides is 1. The van der Waals surface area contributed by atoms with Gasteiger partial charge >= 0.3 is 0 Å². The number of amidine groups is 1. The van der Waals surface area contributed by atoms with Crippen molar-refractivity contribution in [1.82, 2.24) is 4.90 Å². The normalized spacial score (nSPS) is 31.7. The van der Waals surface area contributed by atoms with Crippen molar-refractivity contribution in [2.75, 3.05) is 18.1 Å². The predicted molar refractivity (Wildman–Crippen MR) is 94.4 cm³/mol. The van der Waals surface area contributed by atoms with E-state index in [0.29, 0.717) is 24.1 Å². The van der Waals surface area contributed by atoms with Gasteiger partial charge in [0.2, 0.25) is 5.91 Å². The van der Waals surface area contributed by atoms with Crippen LogP contribution in [0.25, 0.3) is 0 Å². The third kappa shape index (κ3) is 3.99. The number of hydrogen-bond acceptors (Lipinski definition) is 4. The Morgan fingerprint density at radius 3 is 2.78 bits per heavy atom. The zero-order chi connectivity index (χ0) is 16.4. The molecule has 1 saturated carbocycles. The number of sulfone groups is 1. The molecule has 7 heteroatoms. The zero-order valence-electron chi connectivity index (χ0n) is 13.3. The number of hydrogen-bond donors (Lipinski definition) is 0. The van der Waals surface area contributed by atoms with Crippen LogP contribution in [0.1, 0.15) is 38.5 Å². The summed E-state index contributed by atoms with van der Waals surface area (Å²) in [4.78, 5) is 18.4. The van der Waals surface area contributed by atoms with E-state index in [1.165, 1.54) is 37.4 Å². The highest BCUT2D eigenvalue weighted by Gasteiger charge is 2.48. The van der Waals surface area contributed by atoms with Crippen LogP contribution in [0.5, 0.6) is 0 Å². The number of carbonyl (C=O) groups excluding carboxylic acids is 1. The molecule has 2 aliphatic heterocycles. The Hall–Kier alpha value is -0.820. The first-order valence-corrected chi connectivity index (χ1v) is 11.0. The van der Waals surface area contributed by atoms with Crippen LogP contribution in [0.4, 0.5) is 0 Å². The predicted octanol–water partition coefficient (Wildman–Crippen LogP) is 2.24. The summed E-state index contributed by atoms with van der Waals surface area (Å²) >= 11 is 1.45. The van der Waals surface area contributed by atoms with Crippen molar-refractivity contribution in [2.24, 2.45) is 10.9 Å². The second kappa shape index (κ2) is 6.97. The second-order valence-electron chi connectivity index (χ2n) is 6.72. The van der Waals surface area contributed by atoms with Crippen LogP contribution in [0.2, 0.25) is 0 Å². The van der Waals surface area contributed by atoms with Crippen molar-refractivity contribution in [1.29, 1.82) is 0 Å².